The van der Waals surface area contributed by atoms with Gasteiger partial charge in [-0.05, 0) is 30.5 Å². The third-order valence-electron chi connectivity index (χ3n) is 4.67. The smallest absolute Gasteiger partial charge is 0.239 e. The van der Waals surface area contributed by atoms with E-state index in [9.17, 15) is 4.79 Å². The van der Waals surface area contributed by atoms with Gasteiger partial charge in [-0.15, -0.1) is 0 Å². The number of aromatic nitrogens is 2. The van der Waals surface area contributed by atoms with Crippen LogP contribution in [-0.2, 0) is 16.0 Å². The van der Waals surface area contributed by atoms with E-state index >= 15 is 0 Å². The molecule has 7 heteroatoms. The van der Waals surface area contributed by atoms with Crippen LogP contribution in [0.2, 0.25) is 0 Å². The minimum absolute atomic E-state index is 0.104. The number of benzene rings is 1. The zero-order valence-corrected chi connectivity index (χ0v) is 14.6. The fourth-order valence-electron chi connectivity index (χ4n) is 3.37. The number of likely N-dealkylation sites (tertiary alicyclic amines) is 1. The fourth-order valence-corrected chi connectivity index (χ4v) is 3.37. The Balaban J connectivity index is 1.57. The first kappa shape index (κ1) is 17.6. The number of rotatable bonds is 6. The van der Waals surface area contributed by atoms with E-state index in [-0.39, 0.29) is 12.0 Å². The Morgan fingerprint density at radius 3 is 2.84 bits per heavy atom. The topological polar surface area (TPSA) is 80.5 Å². The molecule has 3 rings (SSSR count). The van der Waals surface area contributed by atoms with E-state index in [0.29, 0.717) is 24.0 Å². The molecule has 0 spiro atoms. The van der Waals surface area contributed by atoms with Gasteiger partial charge in [0.1, 0.15) is 5.69 Å². The highest BCUT2D eigenvalue weighted by Gasteiger charge is 2.30. The molecular formula is C18H24N4O3. The summed E-state index contributed by atoms with van der Waals surface area (Å²) in [6.45, 7) is 3.74. The number of nitrogens with one attached hydrogen (secondary N) is 1. The molecule has 0 unspecified atom stereocenters. The number of carbonyl (C=O) groups excluding carboxylic acids is 1. The van der Waals surface area contributed by atoms with Crippen LogP contribution in [0.3, 0.4) is 0 Å². The van der Waals surface area contributed by atoms with E-state index < -0.39 is 0 Å². The molecule has 1 N–H and O–H groups in total. The van der Waals surface area contributed by atoms with Crippen molar-refractivity contribution in [2.75, 3.05) is 32.1 Å². The highest BCUT2D eigenvalue weighted by atomic mass is 16.6. The average Bonchev–Trinajstić information content (AvgIpc) is 3.01. The molecule has 1 aromatic carbocycles. The molecule has 1 aliphatic heterocycles. The van der Waals surface area contributed by atoms with Crippen molar-refractivity contribution in [2.45, 2.75) is 25.9 Å². The maximum Gasteiger partial charge on any atom is 0.239 e. The van der Waals surface area contributed by atoms with Crippen molar-refractivity contribution in [1.82, 2.24) is 15.2 Å². The fraction of sp³-hybridized carbons (Fsp3) is 0.500. The molecule has 2 atom stereocenters. The molecule has 0 saturated carbocycles. The minimum atomic E-state index is -0.104. The van der Waals surface area contributed by atoms with Crippen LogP contribution in [0, 0.1) is 12.8 Å². The van der Waals surface area contributed by atoms with Crippen LogP contribution >= 0.6 is 0 Å². The molecule has 1 fully saturated rings. The van der Waals surface area contributed by atoms with Crippen molar-refractivity contribution in [3.8, 4) is 0 Å². The summed E-state index contributed by atoms with van der Waals surface area (Å²) >= 11 is 0. The lowest BCUT2D eigenvalue weighted by Crippen LogP contribution is -2.47. The van der Waals surface area contributed by atoms with Crippen LogP contribution in [0.25, 0.3) is 0 Å². The van der Waals surface area contributed by atoms with Gasteiger partial charge < -0.3 is 10.1 Å². The van der Waals surface area contributed by atoms with Gasteiger partial charge in [0.15, 0.2) is 5.82 Å². The Morgan fingerprint density at radius 1 is 1.36 bits per heavy atom. The summed E-state index contributed by atoms with van der Waals surface area (Å²) in [5.74, 6) is 0.648. The predicted octanol–water partition coefficient (Wildman–Crippen LogP) is 1.90. The van der Waals surface area contributed by atoms with E-state index in [1.165, 1.54) is 5.56 Å². The van der Waals surface area contributed by atoms with Crippen LogP contribution in [0.5, 0.6) is 0 Å². The number of hydrogen-bond acceptors (Lipinski definition) is 6. The number of aryl methyl sites for hydroxylation is 1. The van der Waals surface area contributed by atoms with Crippen molar-refractivity contribution in [3.05, 3.63) is 41.6 Å². The molecule has 7 nitrogen and oxygen atoms in total. The average molecular weight is 344 g/mol. The summed E-state index contributed by atoms with van der Waals surface area (Å²) in [4.78, 5) is 14.4. The van der Waals surface area contributed by atoms with E-state index in [4.69, 9.17) is 4.74 Å². The van der Waals surface area contributed by atoms with Gasteiger partial charge in [0.25, 0.3) is 0 Å². The largest absolute Gasteiger partial charge is 0.381 e. The van der Waals surface area contributed by atoms with Gasteiger partial charge in [-0.25, -0.2) is 4.63 Å². The maximum absolute atomic E-state index is 12.3. The zero-order chi connectivity index (χ0) is 17.6. The van der Waals surface area contributed by atoms with Gasteiger partial charge in [0, 0.05) is 26.1 Å². The highest BCUT2D eigenvalue weighted by molar-refractivity contribution is 5.91. The van der Waals surface area contributed by atoms with Gasteiger partial charge in [0.05, 0.1) is 12.6 Å². The molecule has 0 radical (unpaired) electrons. The minimum Gasteiger partial charge on any atom is -0.381 e. The van der Waals surface area contributed by atoms with Crippen LogP contribution in [0.15, 0.2) is 35.0 Å². The maximum atomic E-state index is 12.3. The molecule has 1 saturated heterocycles. The van der Waals surface area contributed by atoms with Gasteiger partial charge in [-0.1, -0.05) is 35.5 Å². The van der Waals surface area contributed by atoms with Gasteiger partial charge in [0.2, 0.25) is 5.91 Å². The first-order chi connectivity index (χ1) is 12.2. The molecule has 2 heterocycles. The number of methoxy groups -OCH3 is 1. The summed E-state index contributed by atoms with van der Waals surface area (Å²) in [6, 6.07) is 10.4. The Labute approximate surface area is 147 Å². The Hall–Kier alpha value is -2.25. The molecule has 2 aromatic rings. The van der Waals surface area contributed by atoms with Crippen molar-refractivity contribution in [3.63, 3.8) is 0 Å². The number of ether oxygens (including phenoxy) is 1. The van der Waals surface area contributed by atoms with Crippen LogP contribution in [0.4, 0.5) is 5.82 Å². The molecular weight excluding hydrogens is 320 g/mol. The second-order valence-corrected chi connectivity index (χ2v) is 6.49. The number of amides is 1. The molecule has 134 valence electrons. The monoisotopic (exact) mass is 344 g/mol. The lowest BCUT2D eigenvalue weighted by molar-refractivity contribution is -0.118. The first-order valence-electron chi connectivity index (χ1n) is 8.53. The number of piperidine rings is 1. The first-order valence-corrected chi connectivity index (χ1v) is 8.53. The van der Waals surface area contributed by atoms with E-state index in [2.05, 4.69) is 49.4 Å². The lowest BCUT2D eigenvalue weighted by Gasteiger charge is -2.37. The Kier molecular flexibility index (Phi) is 5.78. The van der Waals surface area contributed by atoms with Crippen molar-refractivity contribution in [2.24, 2.45) is 5.92 Å². The van der Waals surface area contributed by atoms with E-state index in [0.717, 1.165) is 25.9 Å². The van der Waals surface area contributed by atoms with Crippen molar-refractivity contribution < 1.29 is 14.2 Å². The molecule has 0 bridgehead atoms. The third kappa shape index (κ3) is 4.64. The van der Waals surface area contributed by atoms with E-state index in [1.807, 2.05) is 6.07 Å². The summed E-state index contributed by atoms with van der Waals surface area (Å²) in [5.41, 5.74) is 1.87. The Morgan fingerprint density at radius 2 is 2.16 bits per heavy atom. The number of carbonyl (C=O) groups is 1. The number of hydrogen-bond donors (Lipinski definition) is 1. The summed E-state index contributed by atoms with van der Waals surface area (Å²) in [6.07, 6.45) is 2.09. The van der Waals surface area contributed by atoms with Gasteiger partial charge in [-0.3, -0.25) is 9.69 Å². The van der Waals surface area contributed by atoms with Gasteiger partial charge >= 0.3 is 0 Å². The normalized spacial score (nSPS) is 21.2. The molecule has 0 aliphatic carbocycles. The standard InChI is InChI=1S/C18H24N4O3/c1-13-18(21-25-20-13)19-17(23)12-22-9-8-16(24-2)15(11-22)10-14-6-4-3-5-7-14/h3-7,15-16H,8-12H2,1-2H3,(H,19,21,23)/t15-,16-/m1/s1. The predicted molar refractivity (Wildman–Crippen MR) is 93.2 cm³/mol. The third-order valence-corrected chi connectivity index (χ3v) is 4.67. The molecule has 1 aliphatic rings. The molecule has 25 heavy (non-hydrogen) atoms. The van der Waals surface area contributed by atoms with Crippen LogP contribution in [0.1, 0.15) is 17.7 Å². The van der Waals surface area contributed by atoms with Gasteiger partial charge in [-0.2, -0.15) is 0 Å². The second-order valence-electron chi connectivity index (χ2n) is 6.49. The quantitative estimate of drug-likeness (QED) is 0.862. The molecule has 1 aromatic heterocycles. The zero-order valence-electron chi connectivity index (χ0n) is 14.6. The summed E-state index contributed by atoms with van der Waals surface area (Å²) < 4.78 is 10.3. The summed E-state index contributed by atoms with van der Waals surface area (Å²) in [7, 11) is 1.77. The van der Waals surface area contributed by atoms with E-state index in [1.54, 1.807) is 14.0 Å². The number of anilines is 1. The van der Waals surface area contributed by atoms with Crippen molar-refractivity contribution >= 4 is 11.7 Å². The van der Waals surface area contributed by atoms with Crippen molar-refractivity contribution in [1.29, 1.82) is 0 Å². The summed E-state index contributed by atoms with van der Waals surface area (Å²) in [5, 5.41) is 10.1. The number of nitrogens with zero attached hydrogens (tertiary/aromatic N) is 3. The SMILES string of the molecule is CO[C@@H]1CCN(CC(=O)Nc2nonc2C)C[C@H]1Cc1ccccc1. The van der Waals surface area contributed by atoms with Crippen LogP contribution < -0.4 is 5.32 Å². The highest BCUT2D eigenvalue weighted by Crippen LogP contribution is 2.23. The Bertz CT molecular complexity index is 689. The lowest BCUT2D eigenvalue weighted by atomic mass is 9.88. The molecule has 1 amide bonds. The second kappa shape index (κ2) is 8.22. The van der Waals surface area contributed by atoms with Crippen LogP contribution in [-0.4, -0.2) is 54.0 Å².